The van der Waals surface area contributed by atoms with Crippen LogP contribution in [0, 0.1) is 0 Å². The Kier molecular flexibility index (Phi) is 7.02. The van der Waals surface area contributed by atoms with Gasteiger partial charge in [0, 0.05) is 27.8 Å². The molecule has 0 atom stereocenters. The maximum Gasteiger partial charge on any atom is 0.160 e. The van der Waals surface area contributed by atoms with E-state index >= 15 is 0 Å². The second-order valence-corrected chi connectivity index (χ2v) is 11.9. The zero-order valence-electron chi connectivity index (χ0n) is 24.3. The molecule has 3 nitrogen and oxygen atoms in total. The van der Waals surface area contributed by atoms with Gasteiger partial charge in [-0.1, -0.05) is 152 Å². The lowest BCUT2D eigenvalue weighted by Gasteiger charge is -2.11. The molecule has 0 amide bonds. The van der Waals surface area contributed by atoms with E-state index in [0.29, 0.717) is 5.82 Å². The van der Waals surface area contributed by atoms with Crippen LogP contribution in [0.4, 0.5) is 0 Å². The van der Waals surface area contributed by atoms with Crippen LogP contribution in [0.2, 0.25) is 0 Å². The van der Waals surface area contributed by atoms with Crippen molar-refractivity contribution in [2.45, 2.75) is 0 Å². The van der Waals surface area contributed by atoms with Gasteiger partial charge in [-0.2, -0.15) is 0 Å². The highest BCUT2D eigenvalue weighted by atomic mass is 32.1. The smallest absolute Gasteiger partial charge is 0.160 e. The average molecular weight is 594 g/mol. The van der Waals surface area contributed by atoms with Crippen LogP contribution in [-0.4, -0.2) is 15.0 Å². The first-order chi connectivity index (χ1) is 22.3. The Morgan fingerprint density at radius 1 is 0.356 bits per heavy atom. The van der Waals surface area contributed by atoms with Gasteiger partial charge in [0.1, 0.15) is 5.01 Å². The molecule has 0 fully saturated rings. The maximum absolute atomic E-state index is 5.07. The van der Waals surface area contributed by atoms with Crippen molar-refractivity contribution in [2.24, 2.45) is 0 Å². The van der Waals surface area contributed by atoms with Crippen molar-refractivity contribution in [1.29, 1.82) is 0 Å². The highest BCUT2D eigenvalue weighted by Gasteiger charge is 2.14. The molecule has 8 aromatic rings. The average Bonchev–Trinajstić information content (AvgIpc) is 3.58. The van der Waals surface area contributed by atoms with Crippen molar-refractivity contribution >= 4 is 21.6 Å². The van der Waals surface area contributed by atoms with E-state index in [-0.39, 0.29) is 0 Å². The topological polar surface area (TPSA) is 38.7 Å². The molecule has 0 radical (unpaired) electrons. The minimum Gasteiger partial charge on any atom is -0.236 e. The molecule has 2 aromatic heterocycles. The molecule has 0 unspecified atom stereocenters. The fourth-order valence-corrected chi connectivity index (χ4v) is 6.73. The van der Waals surface area contributed by atoms with Crippen LogP contribution in [0.1, 0.15) is 0 Å². The van der Waals surface area contributed by atoms with E-state index in [2.05, 4.69) is 133 Å². The summed E-state index contributed by atoms with van der Waals surface area (Å²) < 4.78 is 1.19. The van der Waals surface area contributed by atoms with Crippen LogP contribution in [0.25, 0.3) is 76.9 Å². The fourth-order valence-electron chi connectivity index (χ4n) is 5.62. The van der Waals surface area contributed by atoms with Gasteiger partial charge in [0.2, 0.25) is 0 Å². The summed E-state index contributed by atoms with van der Waals surface area (Å²) >= 11 is 1.74. The van der Waals surface area contributed by atoms with E-state index in [0.717, 1.165) is 49.7 Å². The first-order valence-corrected chi connectivity index (χ1v) is 15.8. The number of hydrogen-bond acceptors (Lipinski definition) is 4. The highest BCUT2D eigenvalue weighted by Crippen LogP contribution is 2.38. The normalized spacial score (nSPS) is 11.1. The number of nitrogens with zero attached hydrogens (tertiary/aromatic N) is 3. The van der Waals surface area contributed by atoms with Crippen molar-refractivity contribution in [3.05, 3.63) is 164 Å². The molecule has 6 aromatic carbocycles. The molecule has 0 aliphatic heterocycles. The third-order valence-electron chi connectivity index (χ3n) is 7.97. The Labute approximate surface area is 266 Å². The van der Waals surface area contributed by atoms with Crippen LogP contribution < -0.4 is 0 Å². The third-order valence-corrected chi connectivity index (χ3v) is 9.13. The lowest BCUT2D eigenvalue weighted by molar-refractivity contribution is 1.18. The number of rotatable bonds is 6. The molecule has 0 saturated heterocycles. The Hall–Kier alpha value is -5.71. The molecule has 0 bridgehead atoms. The highest BCUT2D eigenvalue weighted by molar-refractivity contribution is 7.22. The van der Waals surface area contributed by atoms with Gasteiger partial charge in [-0.15, -0.1) is 11.3 Å². The summed E-state index contributed by atoms with van der Waals surface area (Å²) in [4.78, 5) is 15.0. The first kappa shape index (κ1) is 26.9. The minimum atomic E-state index is 0.706. The van der Waals surface area contributed by atoms with Crippen molar-refractivity contribution in [2.75, 3.05) is 0 Å². The molecule has 212 valence electrons. The monoisotopic (exact) mass is 593 g/mol. The zero-order valence-corrected chi connectivity index (χ0v) is 25.2. The summed E-state index contributed by atoms with van der Waals surface area (Å²) in [6, 6.07) is 56.7. The van der Waals surface area contributed by atoms with Crippen LogP contribution in [0.3, 0.4) is 0 Å². The van der Waals surface area contributed by atoms with Gasteiger partial charge in [-0.25, -0.2) is 15.0 Å². The molecule has 0 saturated carbocycles. The molecule has 8 rings (SSSR count). The van der Waals surface area contributed by atoms with Gasteiger partial charge in [-0.05, 0) is 28.8 Å². The van der Waals surface area contributed by atoms with E-state index < -0.39 is 0 Å². The molecular weight excluding hydrogens is 567 g/mol. The SMILES string of the molecule is c1ccc(-c2ccc(-c3nc(-c4ccccc4)cc(-c4ccc(-c5cccc6nc(-c7ccccc7)sc56)cc4)n3)cc2)cc1. The zero-order chi connectivity index (χ0) is 30.0. The van der Waals surface area contributed by atoms with E-state index in [4.69, 9.17) is 15.0 Å². The molecule has 0 N–H and O–H groups in total. The Bertz CT molecular complexity index is 2220. The molecule has 4 heteroatoms. The molecule has 2 heterocycles. The standard InChI is InChI=1S/C41H27N3S/c1-4-11-28(12-5-1)29-19-25-33(26-20-29)40-42-37(31-13-6-2-7-14-31)27-38(43-40)32-23-21-30(22-24-32)35-17-10-18-36-39(35)45-41(44-36)34-15-8-3-9-16-34/h1-27H. The maximum atomic E-state index is 5.07. The van der Waals surface area contributed by atoms with Crippen LogP contribution >= 0.6 is 11.3 Å². The summed E-state index contributed by atoms with van der Waals surface area (Å²) in [6.07, 6.45) is 0. The van der Waals surface area contributed by atoms with Gasteiger partial charge in [0.15, 0.2) is 5.82 Å². The van der Waals surface area contributed by atoms with Gasteiger partial charge in [-0.3, -0.25) is 0 Å². The Morgan fingerprint density at radius 3 is 1.49 bits per heavy atom. The third kappa shape index (κ3) is 5.44. The predicted octanol–water partition coefficient (Wildman–Crippen LogP) is 11.1. The van der Waals surface area contributed by atoms with Gasteiger partial charge >= 0.3 is 0 Å². The summed E-state index contributed by atoms with van der Waals surface area (Å²) in [5, 5.41) is 1.04. The molecule has 0 aliphatic carbocycles. The van der Waals surface area contributed by atoms with Gasteiger partial charge in [0.05, 0.1) is 21.6 Å². The lowest BCUT2D eigenvalue weighted by atomic mass is 10.0. The Balaban J connectivity index is 1.17. The number of hydrogen-bond donors (Lipinski definition) is 0. The van der Waals surface area contributed by atoms with Gasteiger partial charge < -0.3 is 0 Å². The summed E-state index contributed by atoms with van der Waals surface area (Å²) in [5.41, 5.74) is 11.7. The van der Waals surface area contributed by atoms with Gasteiger partial charge in [0.25, 0.3) is 0 Å². The number of thiazole rings is 1. The molecule has 45 heavy (non-hydrogen) atoms. The van der Waals surface area contributed by atoms with E-state index in [1.54, 1.807) is 11.3 Å². The van der Waals surface area contributed by atoms with Crippen LogP contribution in [0.5, 0.6) is 0 Å². The van der Waals surface area contributed by atoms with E-state index in [1.165, 1.54) is 21.4 Å². The second kappa shape index (κ2) is 11.8. The Morgan fingerprint density at radius 2 is 0.844 bits per heavy atom. The fraction of sp³-hybridized carbons (Fsp3) is 0. The number of benzene rings is 6. The van der Waals surface area contributed by atoms with Crippen LogP contribution in [0.15, 0.2) is 164 Å². The quantitative estimate of drug-likeness (QED) is 0.192. The summed E-state index contributed by atoms with van der Waals surface area (Å²) in [6.45, 7) is 0. The largest absolute Gasteiger partial charge is 0.236 e. The second-order valence-electron chi connectivity index (χ2n) is 10.9. The lowest BCUT2D eigenvalue weighted by Crippen LogP contribution is -1.96. The summed E-state index contributed by atoms with van der Waals surface area (Å²) in [5.74, 6) is 0.706. The number of fused-ring (bicyclic) bond motifs is 1. The molecular formula is C41H27N3S. The minimum absolute atomic E-state index is 0.706. The van der Waals surface area contributed by atoms with Crippen molar-refractivity contribution < 1.29 is 0 Å². The predicted molar refractivity (Wildman–Crippen MR) is 188 cm³/mol. The van der Waals surface area contributed by atoms with Crippen molar-refractivity contribution in [3.8, 4) is 66.7 Å². The molecule has 0 aliphatic rings. The first-order valence-electron chi connectivity index (χ1n) is 14.9. The summed E-state index contributed by atoms with van der Waals surface area (Å²) in [7, 11) is 0. The van der Waals surface area contributed by atoms with Crippen molar-refractivity contribution in [1.82, 2.24) is 15.0 Å². The molecule has 0 spiro atoms. The number of aromatic nitrogens is 3. The van der Waals surface area contributed by atoms with E-state index in [1.807, 2.05) is 30.3 Å². The van der Waals surface area contributed by atoms with E-state index in [9.17, 15) is 0 Å². The van der Waals surface area contributed by atoms with Crippen LogP contribution in [-0.2, 0) is 0 Å². The van der Waals surface area contributed by atoms with Crippen molar-refractivity contribution in [3.63, 3.8) is 0 Å².